The van der Waals surface area contributed by atoms with E-state index in [0.29, 0.717) is 33.6 Å². The molecule has 0 saturated carbocycles. The van der Waals surface area contributed by atoms with Gasteiger partial charge in [0.15, 0.2) is 16.6 Å². The number of ether oxygens (including phenoxy) is 2. The Kier molecular flexibility index (Phi) is 10.5. The fourth-order valence-electron chi connectivity index (χ4n) is 2.34. The van der Waals surface area contributed by atoms with Crippen molar-refractivity contribution in [1.29, 1.82) is 0 Å². The molecule has 0 bridgehead atoms. The van der Waals surface area contributed by atoms with Crippen LogP contribution in [0.4, 0.5) is 0 Å². The van der Waals surface area contributed by atoms with E-state index >= 15 is 0 Å². The molecule has 1 atom stereocenters. The maximum absolute atomic E-state index is 12.6. The molecule has 0 heterocycles. The zero-order valence-corrected chi connectivity index (χ0v) is 21.1. The summed E-state index contributed by atoms with van der Waals surface area (Å²) in [5, 5.41) is 10.3. The lowest BCUT2D eigenvalue weighted by Crippen LogP contribution is -2.47. The molecule has 1 amide bonds. The quantitative estimate of drug-likeness (QED) is 0.104. The summed E-state index contributed by atoms with van der Waals surface area (Å²) in [6.45, 7) is 4.10. The molecule has 0 aliphatic heterocycles. The van der Waals surface area contributed by atoms with E-state index in [4.69, 9.17) is 68.1 Å². The molecular formula is C21H20Cl4N4O3S. The summed E-state index contributed by atoms with van der Waals surface area (Å²) >= 11 is 29.0. The van der Waals surface area contributed by atoms with Gasteiger partial charge in [-0.25, -0.2) is 0 Å². The van der Waals surface area contributed by atoms with E-state index in [9.17, 15) is 4.79 Å². The van der Waals surface area contributed by atoms with E-state index in [-0.39, 0.29) is 5.75 Å². The minimum Gasteiger partial charge on any atom is -0.493 e. The zero-order valence-electron chi connectivity index (χ0n) is 17.3. The second-order valence-corrected chi connectivity index (χ2v) is 9.51. The molecule has 0 radical (unpaired) electrons. The molecule has 0 aromatic heterocycles. The Morgan fingerprint density at radius 2 is 1.91 bits per heavy atom. The third-order valence-electron chi connectivity index (χ3n) is 3.89. The third kappa shape index (κ3) is 8.91. The molecule has 0 fully saturated rings. The number of benzene rings is 2. The van der Waals surface area contributed by atoms with Gasteiger partial charge in [0.2, 0.25) is 10.0 Å². The molecule has 0 saturated heterocycles. The lowest BCUT2D eigenvalue weighted by Gasteiger charge is -2.27. The summed E-state index contributed by atoms with van der Waals surface area (Å²) in [4.78, 5) is 12.6. The highest BCUT2D eigenvalue weighted by molar-refractivity contribution is 7.80. The van der Waals surface area contributed by atoms with Gasteiger partial charge < -0.3 is 20.1 Å². The number of methoxy groups -OCH3 is 1. The van der Waals surface area contributed by atoms with E-state index in [1.807, 2.05) is 0 Å². The van der Waals surface area contributed by atoms with Crippen molar-refractivity contribution in [1.82, 2.24) is 16.1 Å². The number of amides is 1. The number of halogens is 4. The van der Waals surface area contributed by atoms with Gasteiger partial charge in [-0.3, -0.25) is 10.2 Å². The monoisotopic (exact) mass is 548 g/mol. The predicted molar refractivity (Wildman–Crippen MR) is 138 cm³/mol. The Balaban J connectivity index is 2.14. The lowest BCUT2D eigenvalue weighted by atomic mass is 10.2. The Morgan fingerprint density at radius 3 is 2.52 bits per heavy atom. The van der Waals surface area contributed by atoms with Crippen molar-refractivity contribution in [2.45, 2.75) is 10.0 Å². The molecule has 3 N–H and O–H groups in total. The van der Waals surface area contributed by atoms with Crippen LogP contribution in [-0.4, -0.2) is 40.9 Å². The number of hydrogen-bond donors (Lipinski definition) is 3. The van der Waals surface area contributed by atoms with Crippen LogP contribution in [-0.2, 0) is 0 Å². The van der Waals surface area contributed by atoms with Crippen molar-refractivity contribution in [3.63, 3.8) is 0 Å². The normalized spacial score (nSPS) is 12.0. The molecule has 12 heteroatoms. The van der Waals surface area contributed by atoms with E-state index in [0.717, 1.165) is 0 Å². The van der Waals surface area contributed by atoms with Crippen LogP contribution in [0.2, 0.25) is 5.02 Å². The predicted octanol–water partition coefficient (Wildman–Crippen LogP) is 4.84. The minimum absolute atomic E-state index is 0.235. The number of carbonyl (C=O) groups excluding carboxylic acids is 1. The van der Waals surface area contributed by atoms with Gasteiger partial charge in [-0.1, -0.05) is 52.5 Å². The van der Waals surface area contributed by atoms with Gasteiger partial charge in [0.05, 0.1) is 13.3 Å². The van der Waals surface area contributed by atoms with E-state index < -0.39 is 15.9 Å². The van der Waals surface area contributed by atoms with Crippen molar-refractivity contribution >= 4 is 75.9 Å². The van der Waals surface area contributed by atoms with Crippen LogP contribution >= 0.6 is 58.6 Å². The Hall–Kier alpha value is -2.23. The van der Waals surface area contributed by atoms with Crippen molar-refractivity contribution < 1.29 is 14.3 Å². The number of hydrazone groups is 1. The van der Waals surface area contributed by atoms with E-state index in [1.54, 1.807) is 36.4 Å². The summed E-state index contributed by atoms with van der Waals surface area (Å²) in [5.74, 6) is 0.0441. The van der Waals surface area contributed by atoms with Gasteiger partial charge in [-0.15, -0.1) is 6.58 Å². The average molecular weight is 550 g/mol. The van der Waals surface area contributed by atoms with Crippen molar-refractivity contribution in [2.75, 3.05) is 13.7 Å². The van der Waals surface area contributed by atoms with E-state index in [1.165, 1.54) is 25.5 Å². The first-order valence-electron chi connectivity index (χ1n) is 9.29. The van der Waals surface area contributed by atoms with Crippen molar-refractivity contribution in [2.24, 2.45) is 5.10 Å². The summed E-state index contributed by atoms with van der Waals surface area (Å²) in [6, 6.07) is 11.1. The largest absolute Gasteiger partial charge is 0.493 e. The van der Waals surface area contributed by atoms with Crippen LogP contribution in [0.3, 0.4) is 0 Å². The highest BCUT2D eigenvalue weighted by Gasteiger charge is 2.37. The maximum Gasteiger partial charge on any atom is 0.254 e. The number of rotatable bonds is 9. The van der Waals surface area contributed by atoms with Gasteiger partial charge in [0.25, 0.3) is 5.91 Å². The molecule has 7 nitrogen and oxygen atoms in total. The fourth-order valence-corrected chi connectivity index (χ4v) is 2.90. The second-order valence-electron chi connectivity index (χ2n) is 6.30. The number of carbonyl (C=O) groups is 1. The van der Waals surface area contributed by atoms with Crippen LogP contribution in [0.15, 0.2) is 60.2 Å². The molecule has 2 aromatic carbocycles. The first-order valence-corrected chi connectivity index (χ1v) is 11.2. The SMILES string of the molecule is C=CCNC(=S)N/N=C/c1ccc(OC(NC(=O)c2ccc(Cl)cc2)C(Cl)(Cl)Cl)c(OC)c1. The van der Waals surface area contributed by atoms with E-state index in [2.05, 4.69) is 27.7 Å². The molecule has 0 aliphatic carbocycles. The highest BCUT2D eigenvalue weighted by atomic mass is 35.6. The topological polar surface area (TPSA) is 84.0 Å². The number of nitrogens with zero attached hydrogens (tertiary/aromatic N) is 1. The van der Waals surface area contributed by atoms with Crippen LogP contribution in [0.5, 0.6) is 11.5 Å². The molecule has 2 rings (SSSR count). The van der Waals surface area contributed by atoms with Gasteiger partial charge in [-0.05, 0) is 60.2 Å². The molecule has 33 heavy (non-hydrogen) atoms. The number of nitrogens with one attached hydrogen (secondary N) is 3. The Bertz CT molecular complexity index is 1010. The third-order valence-corrected chi connectivity index (χ3v) is 4.97. The smallest absolute Gasteiger partial charge is 0.254 e. The van der Waals surface area contributed by atoms with Gasteiger partial charge in [0, 0.05) is 17.1 Å². The van der Waals surface area contributed by atoms with Gasteiger partial charge in [-0.2, -0.15) is 5.10 Å². The summed E-state index contributed by atoms with van der Waals surface area (Å²) < 4.78 is 9.17. The molecule has 176 valence electrons. The van der Waals surface area contributed by atoms with Crippen molar-refractivity contribution in [3.8, 4) is 11.5 Å². The van der Waals surface area contributed by atoms with Crippen LogP contribution < -0.4 is 25.5 Å². The molecule has 0 spiro atoms. The van der Waals surface area contributed by atoms with Gasteiger partial charge >= 0.3 is 0 Å². The summed E-state index contributed by atoms with van der Waals surface area (Å²) in [5.41, 5.74) is 3.66. The first kappa shape index (κ1) is 27.0. The van der Waals surface area contributed by atoms with Crippen LogP contribution in [0.25, 0.3) is 0 Å². The molecule has 1 unspecified atom stereocenters. The second kappa shape index (κ2) is 12.9. The lowest BCUT2D eigenvalue weighted by molar-refractivity contribution is 0.0828. The Morgan fingerprint density at radius 1 is 1.21 bits per heavy atom. The Labute approximate surface area is 217 Å². The van der Waals surface area contributed by atoms with Crippen LogP contribution in [0.1, 0.15) is 15.9 Å². The highest BCUT2D eigenvalue weighted by Crippen LogP contribution is 2.35. The standard InChI is InChI=1S/C21H20Cl4N4O3S/c1-3-10-26-20(33)29-27-12-13-4-9-16(17(11-13)31-2)32-19(21(23,24)25)28-18(30)14-5-7-15(22)8-6-14/h3-9,11-12,19H,1,10H2,2H3,(H,28,30)(H2,26,29,33)/b27-12+. The van der Waals surface area contributed by atoms with Gasteiger partial charge in [0.1, 0.15) is 0 Å². The average Bonchev–Trinajstić information content (AvgIpc) is 2.77. The number of alkyl halides is 3. The van der Waals surface area contributed by atoms with Crippen LogP contribution in [0, 0.1) is 0 Å². The summed E-state index contributed by atoms with van der Waals surface area (Å²) in [6.07, 6.45) is 1.88. The fraction of sp³-hybridized carbons (Fsp3) is 0.190. The first-order chi connectivity index (χ1) is 15.6. The number of hydrogen-bond acceptors (Lipinski definition) is 5. The zero-order chi connectivity index (χ0) is 24.4. The minimum atomic E-state index is -1.98. The van der Waals surface area contributed by atoms with Crippen molar-refractivity contribution in [3.05, 3.63) is 71.3 Å². The number of thiocarbonyl (C=S) groups is 1. The molecular weight excluding hydrogens is 530 g/mol. The molecule has 2 aromatic rings. The summed E-state index contributed by atoms with van der Waals surface area (Å²) in [7, 11) is 1.45. The molecule has 0 aliphatic rings. The maximum atomic E-state index is 12.6.